The standard InChI is InChI=1S/C8H12O3/c1-6(9)2-3-8-7(10)4-5-11-8/h8H,2-5H2,1H3. The molecule has 3 heteroatoms. The monoisotopic (exact) mass is 156 g/mol. The van der Waals surface area contributed by atoms with Crippen LogP contribution in [-0.4, -0.2) is 24.3 Å². The molecule has 0 amide bonds. The second kappa shape index (κ2) is 3.62. The van der Waals surface area contributed by atoms with Crippen molar-refractivity contribution in [3.63, 3.8) is 0 Å². The number of carbonyl (C=O) groups excluding carboxylic acids is 2. The maximum Gasteiger partial charge on any atom is 0.163 e. The van der Waals surface area contributed by atoms with Gasteiger partial charge in [-0.05, 0) is 13.3 Å². The maximum absolute atomic E-state index is 11.0. The fourth-order valence-corrected chi connectivity index (χ4v) is 1.13. The third kappa shape index (κ3) is 2.42. The molecule has 0 radical (unpaired) electrons. The Morgan fingerprint density at radius 2 is 2.45 bits per heavy atom. The number of hydrogen-bond donors (Lipinski definition) is 0. The zero-order valence-corrected chi connectivity index (χ0v) is 6.63. The van der Waals surface area contributed by atoms with Crippen LogP contribution in [0.5, 0.6) is 0 Å². The molecule has 62 valence electrons. The van der Waals surface area contributed by atoms with Crippen LogP contribution >= 0.6 is 0 Å². The molecule has 0 saturated carbocycles. The van der Waals surface area contributed by atoms with Gasteiger partial charge >= 0.3 is 0 Å². The van der Waals surface area contributed by atoms with Gasteiger partial charge in [0.25, 0.3) is 0 Å². The van der Waals surface area contributed by atoms with Crippen molar-refractivity contribution < 1.29 is 14.3 Å². The molecule has 0 aromatic heterocycles. The average molecular weight is 156 g/mol. The Balaban J connectivity index is 2.26. The first-order valence-corrected chi connectivity index (χ1v) is 3.84. The Bertz CT molecular complexity index is 174. The third-order valence-electron chi connectivity index (χ3n) is 1.79. The van der Waals surface area contributed by atoms with Crippen LogP contribution in [0.3, 0.4) is 0 Å². The van der Waals surface area contributed by atoms with Crippen molar-refractivity contribution in [1.82, 2.24) is 0 Å². The highest BCUT2D eigenvalue weighted by Crippen LogP contribution is 2.13. The van der Waals surface area contributed by atoms with Crippen molar-refractivity contribution in [2.75, 3.05) is 6.61 Å². The topological polar surface area (TPSA) is 43.4 Å². The van der Waals surface area contributed by atoms with Crippen LogP contribution in [0.1, 0.15) is 26.2 Å². The molecule has 1 rings (SSSR count). The molecule has 1 aliphatic rings. The van der Waals surface area contributed by atoms with E-state index in [2.05, 4.69) is 0 Å². The smallest absolute Gasteiger partial charge is 0.163 e. The highest BCUT2D eigenvalue weighted by molar-refractivity contribution is 5.85. The van der Waals surface area contributed by atoms with Gasteiger partial charge in [0.2, 0.25) is 0 Å². The van der Waals surface area contributed by atoms with Gasteiger partial charge in [-0.25, -0.2) is 0 Å². The lowest BCUT2D eigenvalue weighted by atomic mass is 10.1. The summed E-state index contributed by atoms with van der Waals surface area (Å²) in [4.78, 5) is 21.5. The summed E-state index contributed by atoms with van der Waals surface area (Å²) in [5, 5.41) is 0. The first-order chi connectivity index (χ1) is 5.20. The molecular weight excluding hydrogens is 144 g/mol. The lowest BCUT2D eigenvalue weighted by Crippen LogP contribution is -2.15. The van der Waals surface area contributed by atoms with Gasteiger partial charge in [0, 0.05) is 12.8 Å². The Hall–Kier alpha value is -0.700. The second-order valence-electron chi connectivity index (χ2n) is 2.82. The van der Waals surface area contributed by atoms with Gasteiger partial charge in [-0.1, -0.05) is 0 Å². The maximum atomic E-state index is 11.0. The predicted octanol–water partition coefficient (Wildman–Crippen LogP) is 0.714. The summed E-state index contributed by atoms with van der Waals surface area (Å²) < 4.78 is 5.11. The SMILES string of the molecule is CC(=O)CCC1OCCC1=O. The molecular formula is C8H12O3. The van der Waals surface area contributed by atoms with Gasteiger partial charge in [0.15, 0.2) is 5.78 Å². The number of rotatable bonds is 3. The van der Waals surface area contributed by atoms with E-state index in [1.54, 1.807) is 0 Å². The van der Waals surface area contributed by atoms with Crippen LogP contribution in [0.4, 0.5) is 0 Å². The molecule has 1 fully saturated rings. The minimum absolute atomic E-state index is 0.119. The largest absolute Gasteiger partial charge is 0.370 e. The van der Waals surface area contributed by atoms with Gasteiger partial charge in [0.1, 0.15) is 11.9 Å². The van der Waals surface area contributed by atoms with Crippen molar-refractivity contribution in [3.8, 4) is 0 Å². The summed E-state index contributed by atoms with van der Waals surface area (Å²) in [6, 6.07) is 0. The van der Waals surface area contributed by atoms with E-state index in [-0.39, 0.29) is 17.7 Å². The Morgan fingerprint density at radius 3 is 2.91 bits per heavy atom. The molecule has 1 aliphatic heterocycles. The van der Waals surface area contributed by atoms with E-state index in [9.17, 15) is 9.59 Å². The lowest BCUT2D eigenvalue weighted by molar-refractivity contribution is -0.123. The summed E-state index contributed by atoms with van der Waals surface area (Å²) in [6.45, 7) is 2.06. The average Bonchev–Trinajstić information content (AvgIpc) is 2.31. The van der Waals surface area contributed by atoms with E-state index in [0.29, 0.717) is 25.9 Å². The van der Waals surface area contributed by atoms with Crippen LogP contribution in [-0.2, 0) is 14.3 Å². The van der Waals surface area contributed by atoms with Gasteiger partial charge in [-0.2, -0.15) is 0 Å². The molecule has 0 aromatic rings. The van der Waals surface area contributed by atoms with Crippen LogP contribution in [0.15, 0.2) is 0 Å². The summed E-state index contributed by atoms with van der Waals surface area (Å²) >= 11 is 0. The van der Waals surface area contributed by atoms with Crippen LogP contribution in [0, 0.1) is 0 Å². The molecule has 1 saturated heterocycles. The predicted molar refractivity (Wildman–Crippen MR) is 39.3 cm³/mol. The minimum atomic E-state index is -0.293. The highest BCUT2D eigenvalue weighted by Gasteiger charge is 2.24. The summed E-state index contributed by atoms with van der Waals surface area (Å²) in [7, 11) is 0. The van der Waals surface area contributed by atoms with Gasteiger partial charge < -0.3 is 9.53 Å². The number of hydrogen-bond acceptors (Lipinski definition) is 3. The van der Waals surface area contributed by atoms with E-state index in [4.69, 9.17) is 4.74 Å². The minimum Gasteiger partial charge on any atom is -0.370 e. The molecule has 0 bridgehead atoms. The van der Waals surface area contributed by atoms with Crippen molar-refractivity contribution >= 4 is 11.6 Å². The van der Waals surface area contributed by atoms with Crippen molar-refractivity contribution in [3.05, 3.63) is 0 Å². The first-order valence-electron chi connectivity index (χ1n) is 3.84. The van der Waals surface area contributed by atoms with E-state index in [1.807, 2.05) is 0 Å². The van der Waals surface area contributed by atoms with Crippen LogP contribution in [0.2, 0.25) is 0 Å². The fourth-order valence-electron chi connectivity index (χ4n) is 1.13. The molecule has 0 N–H and O–H groups in total. The first kappa shape index (κ1) is 8.40. The number of ketones is 2. The highest BCUT2D eigenvalue weighted by atomic mass is 16.5. The lowest BCUT2D eigenvalue weighted by Gasteiger charge is -2.04. The fraction of sp³-hybridized carbons (Fsp3) is 0.750. The number of Topliss-reactive ketones (excluding diaryl/α,β-unsaturated/α-hetero) is 2. The van der Waals surface area contributed by atoms with Gasteiger partial charge in [-0.3, -0.25) is 4.79 Å². The molecule has 1 unspecified atom stereocenters. The van der Waals surface area contributed by atoms with Gasteiger partial charge in [-0.15, -0.1) is 0 Å². The number of carbonyl (C=O) groups is 2. The van der Waals surface area contributed by atoms with Crippen molar-refractivity contribution in [2.24, 2.45) is 0 Å². The molecule has 0 spiro atoms. The molecule has 1 heterocycles. The van der Waals surface area contributed by atoms with Crippen molar-refractivity contribution in [1.29, 1.82) is 0 Å². The molecule has 3 nitrogen and oxygen atoms in total. The van der Waals surface area contributed by atoms with E-state index >= 15 is 0 Å². The zero-order chi connectivity index (χ0) is 8.27. The summed E-state index contributed by atoms with van der Waals surface area (Å²) in [5.41, 5.74) is 0. The normalized spacial score (nSPS) is 24.1. The number of ether oxygens (including phenoxy) is 1. The van der Waals surface area contributed by atoms with E-state index < -0.39 is 0 Å². The van der Waals surface area contributed by atoms with Gasteiger partial charge in [0.05, 0.1) is 6.61 Å². The van der Waals surface area contributed by atoms with Crippen LogP contribution in [0.25, 0.3) is 0 Å². The van der Waals surface area contributed by atoms with E-state index in [1.165, 1.54) is 6.92 Å². The Morgan fingerprint density at radius 1 is 1.73 bits per heavy atom. The molecule has 0 aromatic carbocycles. The molecule has 0 aliphatic carbocycles. The third-order valence-corrected chi connectivity index (χ3v) is 1.79. The quantitative estimate of drug-likeness (QED) is 0.604. The summed E-state index contributed by atoms with van der Waals surface area (Å²) in [6.07, 6.45) is 1.24. The molecule has 1 atom stereocenters. The summed E-state index contributed by atoms with van der Waals surface area (Å²) in [5.74, 6) is 0.263. The second-order valence-corrected chi connectivity index (χ2v) is 2.82. The molecule has 11 heavy (non-hydrogen) atoms. The zero-order valence-electron chi connectivity index (χ0n) is 6.63. The Labute approximate surface area is 65.7 Å². The Kier molecular flexibility index (Phi) is 2.76. The van der Waals surface area contributed by atoms with Crippen LogP contribution < -0.4 is 0 Å². The van der Waals surface area contributed by atoms with E-state index in [0.717, 1.165) is 0 Å². The van der Waals surface area contributed by atoms with Crippen molar-refractivity contribution in [2.45, 2.75) is 32.3 Å².